The summed E-state index contributed by atoms with van der Waals surface area (Å²) < 4.78 is 0. The van der Waals surface area contributed by atoms with Gasteiger partial charge in [0.15, 0.2) is 6.29 Å². The van der Waals surface area contributed by atoms with E-state index < -0.39 is 34.1 Å². The molecule has 1 radical (unpaired) electrons. The van der Waals surface area contributed by atoms with Crippen LogP contribution in [0.2, 0.25) is 0 Å². The van der Waals surface area contributed by atoms with Gasteiger partial charge in [-0.15, -0.1) is 0 Å². The highest BCUT2D eigenvalue weighted by Gasteiger charge is 2.28. The molecule has 0 aliphatic carbocycles. The fourth-order valence-electron chi connectivity index (χ4n) is 2.88. The SMILES string of the molecule is CCC(O)C(C/C=C\C/C=C\CC(C(O)CCCCCC[C]=O)[N+](=O)[O-])[N+](=O)[O-]. The van der Waals surface area contributed by atoms with E-state index in [4.69, 9.17) is 0 Å². The third-order valence-corrected chi connectivity index (χ3v) is 4.74. The molecule has 0 rings (SSSR count). The third kappa shape index (κ3) is 12.8. The zero-order valence-electron chi connectivity index (χ0n) is 17.0. The smallest absolute Gasteiger partial charge is 0.241 e. The molecule has 0 spiro atoms. The summed E-state index contributed by atoms with van der Waals surface area (Å²) in [5.74, 6) is 0. The summed E-state index contributed by atoms with van der Waals surface area (Å²) in [6.07, 6.45) is 11.3. The van der Waals surface area contributed by atoms with Gasteiger partial charge in [0.25, 0.3) is 0 Å². The van der Waals surface area contributed by atoms with E-state index in [1.54, 1.807) is 31.2 Å². The molecule has 4 unspecified atom stereocenters. The lowest BCUT2D eigenvalue weighted by molar-refractivity contribution is -0.533. The Morgan fingerprint density at radius 1 is 0.862 bits per heavy atom. The predicted molar refractivity (Wildman–Crippen MR) is 109 cm³/mol. The Balaban J connectivity index is 4.27. The molecule has 0 aromatic rings. The zero-order valence-corrected chi connectivity index (χ0v) is 17.0. The Morgan fingerprint density at radius 2 is 1.38 bits per heavy atom. The monoisotopic (exact) mass is 413 g/mol. The molecule has 0 aliphatic rings. The van der Waals surface area contributed by atoms with E-state index >= 15 is 0 Å². The van der Waals surface area contributed by atoms with Crippen LogP contribution in [0, 0.1) is 20.2 Å². The van der Waals surface area contributed by atoms with Crippen molar-refractivity contribution in [3.05, 3.63) is 44.5 Å². The van der Waals surface area contributed by atoms with Crippen molar-refractivity contribution in [1.29, 1.82) is 0 Å². The van der Waals surface area contributed by atoms with Gasteiger partial charge in [0, 0.05) is 29.1 Å². The van der Waals surface area contributed by atoms with Gasteiger partial charge in [-0.05, 0) is 25.7 Å². The fourth-order valence-corrected chi connectivity index (χ4v) is 2.88. The van der Waals surface area contributed by atoms with Crippen LogP contribution < -0.4 is 0 Å². The number of nitrogens with zero attached hydrogens (tertiary/aromatic N) is 2. The van der Waals surface area contributed by atoms with E-state index in [1.807, 2.05) is 6.29 Å². The second kappa shape index (κ2) is 16.8. The number of hydrogen-bond donors (Lipinski definition) is 2. The third-order valence-electron chi connectivity index (χ3n) is 4.74. The van der Waals surface area contributed by atoms with E-state index in [0.717, 1.165) is 19.3 Å². The van der Waals surface area contributed by atoms with Gasteiger partial charge in [0.05, 0.1) is 0 Å². The maximum absolute atomic E-state index is 11.2. The van der Waals surface area contributed by atoms with Gasteiger partial charge in [-0.1, -0.05) is 50.5 Å². The molecular formula is C20H33N2O7. The highest BCUT2D eigenvalue weighted by Crippen LogP contribution is 2.14. The van der Waals surface area contributed by atoms with Gasteiger partial charge < -0.3 is 10.2 Å². The summed E-state index contributed by atoms with van der Waals surface area (Å²) in [4.78, 5) is 31.2. The Labute approximate surface area is 171 Å². The van der Waals surface area contributed by atoms with Crippen molar-refractivity contribution in [1.82, 2.24) is 0 Å². The average molecular weight is 413 g/mol. The quantitative estimate of drug-likeness (QED) is 0.152. The number of rotatable bonds is 18. The Kier molecular flexibility index (Phi) is 15.6. The largest absolute Gasteiger partial charge is 0.386 e. The van der Waals surface area contributed by atoms with Crippen LogP contribution in [-0.4, -0.2) is 50.6 Å². The second-order valence-corrected chi connectivity index (χ2v) is 7.00. The van der Waals surface area contributed by atoms with Gasteiger partial charge in [-0.2, -0.15) is 0 Å². The normalized spacial score (nSPS) is 16.0. The number of unbranched alkanes of at least 4 members (excludes halogenated alkanes) is 4. The number of aliphatic hydroxyl groups is 2. The lowest BCUT2D eigenvalue weighted by atomic mass is 10.0. The lowest BCUT2D eigenvalue weighted by Gasteiger charge is -2.14. The minimum absolute atomic E-state index is 0.105. The molecule has 0 bridgehead atoms. The Bertz CT molecular complexity index is 537. The first-order valence-electron chi connectivity index (χ1n) is 10.1. The van der Waals surface area contributed by atoms with Gasteiger partial charge >= 0.3 is 0 Å². The number of nitro groups is 2. The number of hydrogen-bond acceptors (Lipinski definition) is 7. The zero-order chi connectivity index (χ0) is 22.1. The second-order valence-electron chi connectivity index (χ2n) is 7.00. The summed E-state index contributed by atoms with van der Waals surface area (Å²) in [5, 5.41) is 41.8. The first-order valence-corrected chi connectivity index (χ1v) is 10.1. The van der Waals surface area contributed by atoms with Crippen molar-refractivity contribution in [2.24, 2.45) is 0 Å². The number of allylic oxidation sites excluding steroid dienone is 2. The van der Waals surface area contributed by atoms with Gasteiger partial charge in [0.1, 0.15) is 12.2 Å². The molecule has 2 N–H and O–H groups in total. The highest BCUT2D eigenvalue weighted by molar-refractivity contribution is 5.50. The minimum atomic E-state index is -1.07. The topological polar surface area (TPSA) is 144 Å². The molecule has 29 heavy (non-hydrogen) atoms. The molecule has 0 saturated carbocycles. The van der Waals surface area contributed by atoms with Crippen LogP contribution in [0.3, 0.4) is 0 Å². The van der Waals surface area contributed by atoms with Crippen molar-refractivity contribution < 1.29 is 24.9 Å². The van der Waals surface area contributed by atoms with Crippen molar-refractivity contribution in [2.75, 3.05) is 0 Å². The standard InChI is InChI=1S/C20H33N2O7/c1-2-19(24)17(21(26)27)13-9-5-3-6-10-14-18(22(28)29)20(25)15-11-7-4-8-12-16-23/h5-6,9-10,17-20,24-25H,2-4,7-8,11-15H2,1H3/b9-5-,10-6-. The Morgan fingerprint density at radius 3 is 1.86 bits per heavy atom. The van der Waals surface area contributed by atoms with Gasteiger partial charge in [0.2, 0.25) is 12.1 Å². The number of aliphatic hydroxyl groups excluding tert-OH is 2. The van der Waals surface area contributed by atoms with Crippen LogP contribution in [0.15, 0.2) is 24.3 Å². The predicted octanol–water partition coefficient (Wildman–Crippen LogP) is 3.14. The van der Waals surface area contributed by atoms with Gasteiger partial charge in [-0.25, -0.2) is 0 Å². The van der Waals surface area contributed by atoms with Crippen molar-refractivity contribution >= 4 is 6.29 Å². The molecule has 0 aliphatic heterocycles. The van der Waals surface area contributed by atoms with E-state index in [1.165, 1.54) is 0 Å². The average Bonchev–Trinajstić information content (AvgIpc) is 2.68. The maximum Gasteiger partial charge on any atom is 0.241 e. The van der Waals surface area contributed by atoms with Crippen molar-refractivity contribution in [3.63, 3.8) is 0 Å². The summed E-state index contributed by atoms with van der Waals surface area (Å²) in [6.45, 7) is 1.68. The molecule has 0 saturated heterocycles. The van der Waals surface area contributed by atoms with Crippen LogP contribution in [0.1, 0.15) is 71.1 Å². The fraction of sp³-hybridized carbons (Fsp3) is 0.750. The van der Waals surface area contributed by atoms with E-state index in [-0.39, 0.29) is 12.8 Å². The molecule has 0 heterocycles. The van der Waals surface area contributed by atoms with E-state index in [0.29, 0.717) is 32.1 Å². The van der Waals surface area contributed by atoms with E-state index in [9.17, 15) is 35.2 Å². The summed E-state index contributed by atoms with van der Waals surface area (Å²) in [5.41, 5.74) is 0. The first kappa shape index (κ1) is 26.9. The van der Waals surface area contributed by atoms with Crippen LogP contribution in [-0.2, 0) is 4.79 Å². The van der Waals surface area contributed by atoms with Gasteiger partial charge in [-0.3, -0.25) is 25.0 Å². The maximum atomic E-state index is 11.2. The van der Waals surface area contributed by atoms with Crippen LogP contribution >= 0.6 is 0 Å². The van der Waals surface area contributed by atoms with Crippen molar-refractivity contribution in [2.45, 2.75) is 95.4 Å². The summed E-state index contributed by atoms with van der Waals surface area (Å²) >= 11 is 0. The number of carbonyl (C=O) groups excluding carboxylic acids is 1. The molecule has 9 nitrogen and oxygen atoms in total. The molecule has 0 amide bonds. The first-order chi connectivity index (χ1) is 13.8. The van der Waals surface area contributed by atoms with Crippen LogP contribution in [0.4, 0.5) is 0 Å². The van der Waals surface area contributed by atoms with Crippen LogP contribution in [0.5, 0.6) is 0 Å². The lowest BCUT2D eigenvalue weighted by Crippen LogP contribution is -2.33. The van der Waals surface area contributed by atoms with Crippen molar-refractivity contribution in [3.8, 4) is 0 Å². The Hall–Kier alpha value is -2.13. The molecule has 9 heteroatoms. The molecule has 0 fully saturated rings. The molecule has 0 aromatic heterocycles. The molecule has 165 valence electrons. The summed E-state index contributed by atoms with van der Waals surface area (Å²) in [6, 6.07) is -2.11. The molecular weight excluding hydrogens is 380 g/mol. The molecule has 4 atom stereocenters. The molecule has 0 aromatic carbocycles. The summed E-state index contributed by atoms with van der Waals surface area (Å²) in [7, 11) is 0. The highest BCUT2D eigenvalue weighted by atomic mass is 16.6. The minimum Gasteiger partial charge on any atom is -0.386 e. The van der Waals surface area contributed by atoms with E-state index in [2.05, 4.69) is 0 Å². The van der Waals surface area contributed by atoms with Crippen LogP contribution in [0.25, 0.3) is 0 Å².